The van der Waals surface area contributed by atoms with Crippen LogP contribution in [0, 0.1) is 5.92 Å². The molecule has 1 aromatic heterocycles. The number of thioether (sulfide) groups is 1. The van der Waals surface area contributed by atoms with Crippen LogP contribution in [0.4, 0.5) is 0 Å². The minimum absolute atomic E-state index is 0.0392. The number of hydrogen-bond acceptors (Lipinski definition) is 5. The Labute approximate surface area is 210 Å². The van der Waals surface area contributed by atoms with Crippen LogP contribution in [0.25, 0.3) is 5.69 Å². The van der Waals surface area contributed by atoms with Crippen molar-refractivity contribution in [2.75, 3.05) is 13.7 Å². The fourth-order valence-corrected chi connectivity index (χ4v) is 4.50. The number of carbonyl (C=O) groups excluding carboxylic acids is 1. The van der Waals surface area contributed by atoms with E-state index in [-0.39, 0.29) is 5.91 Å². The molecule has 0 saturated heterocycles. The van der Waals surface area contributed by atoms with Crippen molar-refractivity contribution in [1.29, 1.82) is 0 Å². The molecule has 0 radical (unpaired) electrons. The monoisotopic (exact) mass is 486 g/mol. The molecule has 0 unspecified atom stereocenters. The van der Waals surface area contributed by atoms with Gasteiger partial charge in [0.25, 0.3) is 5.91 Å². The third-order valence-electron chi connectivity index (χ3n) is 5.49. The van der Waals surface area contributed by atoms with E-state index in [9.17, 15) is 4.79 Å². The summed E-state index contributed by atoms with van der Waals surface area (Å²) < 4.78 is 7.43. The Morgan fingerprint density at radius 3 is 2.31 bits per heavy atom. The molecule has 35 heavy (non-hydrogen) atoms. The van der Waals surface area contributed by atoms with Gasteiger partial charge in [0.2, 0.25) is 0 Å². The topological polar surface area (TPSA) is 69.0 Å². The van der Waals surface area contributed by atoms with Crippen LogP contribution in [0.5, 0.6) is 5.75 Å². The van der Waals surface area contributed by atoms with E-state index >= 15 is 0 Å². The number of benzene rings is 3. The summed E-state index contributed by atoms with van der Waals surface area (Å²) in [5, 5.41) is 12.8. The van der Waals surface area contributed by atoms with Gasteiger partial charge < -0.3 is 10.1 Å². The summed E-state index contributed by atoms with van der Waals surface area (Å²) in [4.78, 5) is 12.3. The summed E-state index contributed by atoms with van der Waals surface area (Å²) in [5.41, 5.74) is 3.95. The fraction of sp³-hybridized carbons (Fsp3) is 0.250. The van der Waals surface area contributed by atoms with Crippen molar-refractivity contribution in [3.05, 3.63) is 101 Å². The Kier molecular flexibility index (Phi) is 8.21. The maximum atomic E-state index is 12.3. The first-order valence-corrected chi connectivity index (χ1v) is 12.6. The summed E-state index contributed by atoms with van der Waals surface area (Å²) in [6.07, 6.45) is 0.681. The third kappa shape index (κ3) is 6.51. The first-order chi connectivity index (χ1) is 17.0. The number of rotatable bonds is 10. The van der Waals surface area contributed by atoms with Crippen molar-refractivity contribution in [1.82, 2.24) is 20.1 Å². The van der Waals surface area contributed by atoms with Gasteiger partial charge in [0.05, 0.1) is 7.11 Å². The van der Waals surface area contributed by atoms with Gasteiger partial charge in [0, 0.05) is 30.0 Å². The van der Waals surface area contributed by atoms with Crippen LogP contribution >= 0.6 is 11.8 Å². The van der Waals surface area contributed by atoms with E-state index < -0.39 is 0 Å². The Hall–Kier alpha value is -3.58. The van der Waals surface area contributed by atoms with Gasteiger partial charge in [-0.2, -0.15) is 0 Å². The average Bonchev–Trinajstić information content (AvgIpc) is 3.29. The van der Waals surface area contributed by atoms with Crippen LogP contribution in [0.3, 0.4) is 0 Å². The lowest BCUT2D eigenvalue weighted by Crippen LogP contribution is -2.27. The first kappa shape index (κ1) is 24.5. The fourth-order valence-electron chi connectivity index (χ4n) is 3.58. The van der Waals surface area contributed by atoms with Gasteiger partial charge in [-0.1, -0.05) is 68.1 Å². The van der Waals surface area contributed by atoms with Crippen LogP contribution in [-0.2, 0) is 12.2 Å². The van der Waals surface area contributed by atoms with Crippen LogP contribution in [-0.4, -0.2) is 34.3 Å². The maximum Gasteiger partial charge on any atom is 0.251 e. The summed E-state index contributed by atoms with van der Waals surface area (Å²) in [5.74, 6) is 2.78. The molecule has 1 heterocycles. The highest BCUT2D eigenvalue weighted by Gasteiger charge is 2.16. The lowest BCUT2D eigenvalue weighted by molar-refractivity contribution is 0.0949. The van der Waals surface area contributed by atoms with Crippen molar-refractivity contribution in [2.24, 2.45) is 5.92 Å². The van der Waals surface area contributed by atoms with E-state index in [4.69, 9.17) is 4.74 Å². The molecule has 180 valence electrons. The maximum absolute atomic E-state index is 12.3. The SMILES string of the molecule is COc1ccc(-n2c(Cc3ccccc3)nnc2SCc2ccc(C(=O)NCC(C)C)cc2)cc1. The first-order valence-electron chi connectivity index (χ1n) is 11.7. The Balaban J connectivity index is 1.52. The van der Waals surface area contributed by atoms with Gasteiger partial charge in [-0.15, -0.1) is 10.2 Å². The van der Waals surface area contributed by atoms with Crippen molar-refractivity contribution < 1.29 is 9.53 Å². The van der Waals surface area contributed by atoms with E-state index in [1.807, 2.05) is 66.7 Å². The Bertz CT molecular complexity index is 1240. The van der Waals surface area contributed by atoms with E-state index in [0.717, 1.165) is 28.0 Å². The second-order valence-corrected chi connectivity index (χ2v) is 9.63. The van der Waals surface area contributed by atoms with Crippen LogP contribution in [0.15, 0.2) is 84.0 Å². The molecule has 1 N–H and O–H groups in total. The molecule has 0 aliphatic carbocycles. The minimum Gasteiger partial charge on any atom is -0.497 e. The van der Waals surface area contributed by atoms with Crippen molar-refractivity contribution in [3.8, 4) is 11.4 Å². The van der Waals surface area contributed by atoms with Gasteiger partial charge in [0.1, 0.15) is 11.6 Å². The standard InChI is InChI=1S/C28H30N4O2S/c1-20(2)18-29-27(33)23-11-9-22(10-12-23)19-35-28-31-30-26(17-21-7-5-4-6-8-21)32(28)24-13-15-25(34-3)16-14-24/h4-16,20H,17-19H2,1-3H3,(H,29,33). The molecule has 0 atom stereocenters. The lowest BCUT2D eigenvalue weighted by atomic mass is 10.1. The third-order valence-corrected chi connectivity index (χ3v) is 6.49. The van der Waals surface area contributed by atoms with E-state index in [0.29, 0.717) is 30.2 Å². The molecule has 4 rings (SSSR count). The zero-order valence-corrected chi connectivity index (χ0v) is 21.1. The molecular formula is C28H30N4O2S. The number of nitrogens with one attached hydrogen (secondary N) is 1. The summed E-state index contributed by atoms with van der Waals surface area (Å²) in [6, 6.07) is 25.9. The van der Waals surface area contributed by atoms with Gasteiger partial charge in [-0.3, -0.25) is 9.36 Å². The number of methoxy groups -OCH3 is 1. The predicted molar refractivity (Wildman–Crippen MR) is 140 cm³/mol. The summed E-state index contributed by atoms with van der Waals surface area (Å²) in [7, 11) is 1.66. The van der Waals surface area contributed by atoms with E-state index in [1.54, 1.807) is 18.9 Å². The molecule has 0 spiro atoms. The smallest absolute Gasteiger partial charge is 0.251 e. The normalized spacial score (nSPS) is 11.0. The molecule has 7 heteroatoms. The second kappa shape index (κ2) is 11.7. The number of amides is 1. The Morgan fingerprint density at radius 2 is 1.66 bits per heavy atom. The molecule has 6 nitrogen and oxygen atoms in total. The van der Waals surface area contributed by atoms with Gasteiger partial charge >= 0.3 is 0 Å². The highest BCUT2D eigenvalue weighted by atomic mass is 32.2. The number of nitrogens with zero attached hydrogens (tertiary/aromatic N) is 3. The number of ether oxygens (including phenoxy) is 1. The van der Waals surface area contributed by atoms with E-state index in [1.165, 1.54) is 5.56 Å². The lowest BCUT2D eigenvalue weighted by Gasteiger charge is -2.11. The molecule has 1 amide bonds. The molecule has 0 saturated carbocycles. The molecule has 0 aliphatic rings. The Morgan fingerprint density at radius 1 is 0.943 bits per heavy atom. The molecule has 0 fully saturated rings. The second-order valence-electron chi connectivity index (χ2n) is 8.68. The van der Waals surface area contributed by atoms with Gasteiger partial charge in [-0.05, 0) is 53.4 Å². The zero-order chi connectivity index (χ0) is 24.6. The zero-order valence-electron chi connectivity index (χ0n) is 20.3. The van der Waals surface area contributed by atoms with E-state index in [2.05, 4.69) is 46.1 Å². The average molecular weight is 487 g/mol. The largest absolute Gasteiger partial charge is 0.497 e. The molecule has 0 aliphatic heterocycles. The van der Waals surface area contributed by atoms with Crippen LogP contribution in [0.1, 0.15) is 41.2 Å². The quantitative estimate of drug-likeness (QED) is 0.298. The summed E-state index contributed by atoms with van der Waals surface area (Å²) in [6.45, 7) is 4.83. The molecular weight excluding hydrogens is 456 g/mol. The van der Waals surface area contributed by atoms with Crippen LogP contribution in [0.2, 0.25) is 0 Å². The van der Waals surface area contributed by atoms with Crippen molar-refractivity contribution in [2.45, 2.75) is 31.2 Å². The van der Waals surface area contributed by atoms with Crippen LogP contribution < -0.4 is 10.1 Å². The number of carbonyl (C=O) groups is 1. The number of hydrogen-bond donors (Lipinski definition) is 1. The molecule has 4 aromatic rings. The highest BCUT2D eigenvalue weighted by molar-refractivity contribution is 7.98. The molecule has 3 aromatic carbocycles. The minimum atomic E-state index is -0.0392. The van der Waals surface area contributed by atoms with Gasteiger partial charge in [-0.25, -0.2) is 0 Å². The predicted octanol–water partition coefficient (Wildman–Crippen LogP) is 5.54. The van der Waals surface area contributed by atoms with Gasteiger partial charge in [0.15, 0.2) is 5.16 Å². The molecule has 0 bridgehead atoms. The van der Waals surface area contributed by atoms with Crippen molar-refractivity contribution in [3.63, 3.8) is 0 Å². The number of aromatic nitrogens is 3. The summed E-state index contributed by atoms with van der Waals surface area (Å²) >= 11 is 1.62. The highest BCUT2D eigenvalue weighted by Crippen LogP contribution is 2.27. The van der Waals surface area contributed by atoms with Crippen molar-refractivity contribution >= 4 is 17.7 Å².